The van der Waals surface area contributed by atoms with Crippen molar-refractivity contribution in [3.63, 3.8) is 0 Å². The van der Waals surface area contributed by atoms with Crippen LogP contribution in [0.15, 0.2) is 49.1 Å². The Labute approximate surface area is 168 Å². The molecule has 27 heavy (non-hydrogen) atoms. The lowest BCUT2D eigenvalue weighted by atomic mass is 10.2. The first-order valence-corrected chi connectivity index (χ1v) is 10.0. The molecule has 0 atom stereocenters. The molecule has 3 rings (SSSR count). The number of anilines is 1. The highest BCUT2D eigenvalue weighted by Gasteiger charge is 2.29. The summed E-state index contributed by atoms with van der Waals surface area (Å²) in [6, 6.07) is 11.1. The van der Waals surface area contributed by atoms with Crippen molar-refractivity contribution in [3.8, 4) is 0 Å². The minimum Gasteiger partial charge on any atom is -0.334 e. The molecule has 0 spiro atoms. The molecule has 1 aliphatic carbocycles. The van der Waals surface area contributed by atoms with Gasteiger partial charge in [-0.05, 0) is 42.7 Å². The van der Waals surface area contributed by atoms with Crippen molar-refractivity contribution in [2.45, 2.75) is 25.9 Å². The van der Waals surface area contributed by atoms with E-state index in [0.717, 1.165) is 29.0 Å². The fourth-order valence-corrected chi connectivity index (χ4v) is 3.74. The number of benzene rings is 1. The van der Waals surface area contributed by atoms with Crippen molar-refractivity contribution in [1.29, 1.82) is 0 Å². The number of nitrogens with zero attached hydrogens (tertiary/aromatic N) is 1. The SMILES string of the molecule is C=CCN(Cc1ccc(Cl)s1)C(=O)NCc1cccc(NC(=O)C2CC2)c1. The average Bonchev–Trinajstić information content (AvgIpc) is 3.43. The molecule has 142 valence electrons. The van der Waals surface area contributed by atoms with Crippen LogP contribution in [-0.2, 0) is 17.9 Å². The van der Waals surface area contributed by atoms with E-state index in [1.165, 1.54) is 11.3 Å². The lowest BCUT2D eigenvalue weighted by Gasteiger charge is -2.21. The quantitative estimate of drug-likeness (QED) is 0.630. The van der Waals surface area contributed by atoms with E-state index in [1.54, 1.807) is 11.0 Å². The van der Waals surface area contributed by atoms with Crippen molar-refractivity contribution >= 4 is 40.6 Å². The molecule has 2 aromatic rings. The maximum atomic E-state index is 12.5. The molecule has 1 saturated carbocycles. The molecule has 7 heteroatoms. The van der Waals surface area contributed by atoms with E-state index >= 15 is 0 Å². The second-order valence-corrected chi connectivity index (χ2v) is 8.30. The average molecular weight is 404 g/mol. The number of carbonyl (C=O) groups is 2. The van der Waals surface area contributed by atoms with E-state index in [1.807, 2.05) is 36.4 Å². The number of hydrogen-bond donors (Lipinski definition) is 2. The highest BCUT2D eigenvalue weighted by atomic mass is 35.5. The third kappa shape index (κ3) is 5.84. The number of hydrogen-bond acceptors (Lipinski definition) is 3. The molecule has 1 fully saturated rings. The highest BCUT2D eigenvalue weighted by Crippen LogP contribution is 2.30. The molecule has 1 aromatic carbocycles. The molecule has 0 saturated heterocycles. The Morgan fingerprint density at radius 3 is 2.78 bits per heavy atom. The van der Waals surface area contributed by atoms with Crippen LogP contribution in [0, 0.1) is 5.92 Å². The van der Waals surface area contributed by atoms with Crippen LogP contribution in [0.1, 0.15) is 23.3 Å². The van der Waals surface area contributed by atoms with Crippen molar-refractivity contribution in [3.05, 3.63) is 63.8 Å². The minimum atomic E-state index is -0.174. The van der Waals surface area contributed by atoms with Crippen LogP contribution < -0.4 is 10.6 Å². The number of halogens is 1. The summed E-state index contributed by atoms with van der Waals surface area (Å²) >= 11 is 7.42. The molecule has 1 aliphatic rings. The van der Waals surface area contributed by atoms with Gasteiger partial charge < -0.3 is 15.5 Å². The van der Waals surface area contributed by atoms with Crippen molar-refractivity contribution in [2.24, 2.45) is 5.92 Å². The molecule has 5 nitrogen and oxygen atoms in total. The van der Waals surface area contributed by atoms with Crippen LogP contribution in [0.2, 0.25) is 4.34 Å². The van der Waals surface area contributed by atoms with Gasteiger partial charge in [-0.25, -0.2) is 4.79 Å². The Morgan fingerprint density at radius 1 is 1.30 bits per heavy atom. The Morgan fingerprint density at radius 2 is 2.11 bits per heavy atom. The van der Waals surface area contributed by atoms with Crippen LogP contribution in [0.25, 0.3) is 0 Å². The van der Waals surface area contributed by atoms with Crippen LogP contribution in [0.3, 0.4) is 0 Å². The number of rotatable bonds is 8. The van der Waals surface area contributed by atoms with Gasteiger partial charge in [0.2, 0.25) is 5.91 Å². The number of nitrogens with one attached hydrogen (secondary N) is 2. The number of thiophene rings is 1. The molecule has 1 heterocycles. The summed E-state index contributed by atoms with van der Waals surface area (Å²) in [7, 11) is 0. The van der Waals surface area contributed by atoms with Crippen molar-refractivity contribution < 1.29 is 9.59 Å². The zero-order valence-electron chi connectivity index (χ0n) is 14.9. The van der Waals surface area contributed by atoms with Gasteiger partial charge in [-0.2, -0.15) is 0 Å². The maximum Gasteiger partial charge on any atom is 0.318 e. The summed E-state index contributed by atoms with van der Waals surface area (Å²) in [6.45, 7) is 5.02. The van der Waals surface area contributed by atoms with Gasteiger partial charge in [-0.1, -0.05) is 29.8 Å². The molecule has 0 unspecified atom stereocenters. The Balaban J connectivity index is 1.56. The summed E-state index contributed by atoms with van der Waals surface area (Å²) in [5.74, 6) is 0.231. The van der Waals surface area contributed by atoms with E-state index in [0.29, 0.717) is 24.0 Å². The molecule has 2 N–H and O–H groups in total. The maximum absolute atomic E-state index is 12.5. The van der Waals surface area contributed by atoms with E-state index in [-0.39, 0.29) is 17.9 Å². The lowest BCUT2D eigenvalue weighted by Crippen LogP contribution is -2.39. The third-order valence-electron chi connectivity index (χ3n) is 4.20. The first-order valence-electron chi connectivity index (χ1n) is 8.83. The summed E-state index contributed by atoms with van der Waals surface area (Å²) in [6.07, 6.45) is 3.63. The summed E-state index contributed by atoms with van der Waals surface area (Å²) in [5, 5.41) is 5.85. The van der Waals surface area contributed by atoms with Crippen molar-refractivity contribution in [2.75, 3.05) is 11.9 Å². The second kappa shape index (κ2) is 9.06. The normalized spacial score (nSPS) is 13.1. The number of amides is 3. The van der Waals surface area contributed by atoms with Crippen LogP contribution in [0.4, 0.5) is 10.5 Å². The summed E-state index contributed by atoms with van der Waals surface area (Å²) in [4.78, 5) is 27.1. The number of urea groups is 1. The van der Waals surface area contributed by atoms with E-state index in [9.17, 15) is 9.59 Å². The second-order valence-electron chi connectivity index (χ2n) is 6.50. The molecule has 0 aliphatic heterocycles. The summed E-state index contributed by atoms with van der Waals surface area (Å²) in [5.41, 5.74) is 1.68. The van der Waals surface area contributed by atoms with Crippen LogP contribution in [-0.4, -0.2) is 23.4 Å². The molecule has 1 aromatic heterocycles. The molecule has 3 amide bonds. The van der Waals surface area contributed by atoms with Gasteiger partial charge in [0.1, 0.15) is 0 Å². The molecule has 0 bridgehead atoms. The monoisotopic (exact) mass is 403 g/mol. The topological polar surface area (TPSA) is 61.4 Å². The third-order valence-corrected chi connectivity index (χ3v) is 5.41. The fraction of sp³-hybridized carbons (Fsp3) is 0.300. The first kappa shape index (κ1) is 19.5. The van der Waals surface area contributed by atoms with Crippen LogP contribution >= 0.6 is 22.9 Å². The summed E-state index contributed by atoms with van der Waals surface area (Å²) < 4.78 is 0.703. The zero-order valence-corrected chi connectivity index (χ0v) is 16.5. The molecular formula is C20H22ClN3O2S. The Hall–Kier alpha value is -2.31. The largest absolute Gasteiger partial charge is 0.334 e. The minimum absolute atomic E-state index is 0.0722. The predicted octanol–water partition coefficient (Wildman–Crippen LogP) is 4.65. The zero-order chi connectivity index (χ0) is 19.2. The number of carbonyl (C=O) groups excluding carboxylic acids is 2. The van der Waals surface area contributed by atoms with Gasteiger partial charge in [0.25, 0.3) is 0 Å². The smallest absolute Gasteiger partial charge is 0.318 e. The van der Waals surface area contributed by atoms with Gasteiger partial charge >= 0.3 is 6.03 Å². The van der Waals surface area contributed by atoms with Gasteiger partial charge in [-0.15, -0.1) is 17.9 Å². The Bertz CT molecular complexity index is 832. The van der Waals surface area contributed by atoms with E-state index < -0.39 is 0 Å². The lowest BCUT2D eigenvalue weighted by molar-refractivity contribution is -0.117. The van der Waals surface area contributed by atoms with Crippen molar-refractivity contribution in [1.82, 2.24) is 10.2 Å². The molecule has 0 radical (unpaired) electrons. The van der Waals surface area contributed by atoms with Gasteiger partial charge in [0.15, 0.2) is 0 Å². The van der Waals surface area contributed by atoms with E-state index in [2.05, 4.69) is 17.2 Å². The Kier molecular flexibility index (Phi) is 6.53. The van der Waals surface area contributed by atoms with Gasteiger partial charge in [0.05, 0.1) is 10.9 Å². The van der Waals surface area contributed by atoms with E-state index in [4.69, 9.17) is 11.6 Å². The molecular weight excluding hydrogens is 382 g/mol. The highest BCUT2D eigenvalue weighted by molar-refractivity contribution is 7.16. The fourth-order valence-electron chi connectivity index (χ4n) is 2.64. The van der Waals surface area contributed by atoms with Crippen LogP contribution in [0.5, 0.6) is 0 Å². The van der Waals surface area contributed by atoms with Gasteiger partial charge in [0, 0.05) is 29.6 Å². The van der Waals surface area contributed by atoms with Gasteiger partial charge in [-0.3, -0.25) is 4.79 Å². The first-order chi connectivity index (χ1) is 13.0. The predicted molar refractivity (Wildman–Crippen MR) is 110 cm³/mol. The standard InChI is InChI=1S/C20H22ClN3O2S/c1-2-10-24(13-17-8-9-18(21)27-17)20(26)22-12-14-4-3-5-16(11-14)23-19(25)15-6-7-15/h2-5,8-9,11,15H,1,6-7,10,12-13H2,(H,22,26)(H,23,25).